The zero-order valence-electron chi connectivity index (χ0n) is 17.1. The van der Waals surface area contributed by atoms with Crippen molar-refractivity contribution in [2.75, 3.05) is 6.54 Å². The van der Waals surface area contributed by atoms with Crippen LogP contribution >= 0.6 is 11.3 Å². The van der Waals surface area contributed by atoms with E-state index in [4.69, 9.17) is 5.11 Å². The molecule has 8 nitrogen and oxygen atoms in total. The number of carboxylic acids is 1. The SMILES string of the molecule is O=C(O)c1csc(Cn2cc(CCCNC(=O)C3CCC(C4CCC4)CC3)nn2)n1. The van der Waals surface area contributed by atoms with Gasteiger partial charge in [0, 0.05) is 24.0 Å². The van der Waals surface area contributed by atoms with Gasteiger partial charge in [0.05, 0.1) is 12.2 Å². The highest BCUT2D eigenvalue weighted by Gasteiger charge is 2.32. The van der Waals surface area contributed by atoms with Crippen molar-refractivity contribution in [1.29, 1.82) is 0 Å². The summed E-state index contributed by atoms with van der Waals surface area (Å²) in [7, 11) is 0. The average Bonchev–Trinajstić information content (AvgIpc) is 3.34. The molecule has 0 radical (unpaired) electrons. The Balaban J connectivity index is 1.13. The second-order valence-corrected chi connectivity index (χ2v) is 9.48. The van der Waals surface area contributed by atoms with Crippen LogP contribution in [0.15, 0.2) is 11.6 Å². The summed E-state index contributed by atoms with van der Waals surface area (Å²) in [5.41, 5.74) is 0.919. The van der Waals surface area contributed by atoms with Crippen molar-refractivity contribution >= 4 is 23.2 Å². The molecule has 0 bridgehead atoms. The number of carbonyl (C=O) groups is 2. The Bertz CT molecular complexity index is 868. The molecule has 0 atom stereocenters. The molecule has 162 valence electrons. The molecule has 2 heterocycles. The third-order valence-electron chi connectivity index (χ3n) is 6.52. The summed E-state index contributed by atoms with van der Waals surface area (Å²) in [4.78, 5) is 27.4. The summed E-state index contributed by atoms with van der Waals surface area (Å²) in [6, 6.07) is 0. The summed E-state index contributed by atoms with van der Waals surface area (Å²) in [6.45, 7) is 1.06. The predicted molar refractivity (Wildman–Crippen MR) is 112 cm³/mol. The Kier molecular flexibility index (Phi) is 6.76. The number of nitrogens with zero attached hydrogens (tertiary/aromatic N) is 4. The van der Waals surface area contributed by atoms with Gasteiger partial charge in [-0.25, -0.2) is 14.5 Å². The highest BCUT2D eigenvalue weighted by molar-refractivity contribution is 7.09. The molecule has 30 heavy (non-hydrogen) atoms. The van der Waals surface area contributed by atoms with E-state index in [9.17, 15) is 9.59 Å². The first kappa shape index (κ1) is 21.0. The molecule has 4 rings (SSSR count). The predicted octanol–water partition coefficient (Wildman–Crippen LogP) is 3.14. The minimum Gasteiger partial charge on any atom is -0.476 e. The number of rotatable bonds is 9. The zero-order valence-corrected chi connectivity index (χ0v) is 17.9. The van der Waals surface area contributed by atoms with Crippen molar-refractivity contribution in [2.24, 2.45) is 17.8 Å². The lowest BCUT2D eigenvalue weighted by molar-refractivity contribution is -0.126. The average molecular weight is 432 g/mol. The highest BCUT2D eigenvalue weighted by atomic mass is 32.1. The molecule has 0 aromatic carbocycles. The van der Waals surface area contributed by atoms with Crippen molar-refractivity contribution in [2.45, 2.75) is 64.3 Å². The van der Waals surface area contributed by atoms with E-state index in [1.807, 2.05) is 6.20 Å². The van der Waals surface area contributed by atoms with Crippen LogP contribution in [0.2, 0.25) is 0 Å². The van der Waals surface area contributed by atoms with E-state index in [0.29, 0.717) is 18.1 Å². The molecule has 2 aliphatic carbocycles. The Morgan fingerprint density at radius 1 is 1.17 bits per heavy atom. The topological polar surface area (TPSA) is 110 Å². The van der Waals surface area contributed by atoms with E-state index < -0.39 is 5.97 Å². The molecule has 2 aliphatic rings. The van der Waals surface area contributed by atoms with Crippen LogP contribution in [0.4, 0.5) is 0 Å². The van der Waals surface area contributed by atoms with Gasteiger partial charge in [0.15, 0.2) is 5.69 Å². The van der Waals surface area contributed by atoms with E-state index in [1.165, 1.54) is 48.8 Å². The first-order valence-corrected chi connectivity index (χ1v) is 11.8. The molecule has 0 aliphatic heterocycles. The molecule has 2 saturated carbocycles. The summed E-state index contributed by atoms with van der Waals surface area (Å²) < 4.78 is 1.67. The molecule has 1 amide bonds. The van der Waals surface area contributed by atoms with Gasteiger partial charge in [0.1, 0.15) is 5.01 Å². The number of aromatic carboxylic acids is 1. The first-order chi connectivity index (χ1) is 14.6. The second-order valence-electron chi connectivity index (χ2n) is 8.54. The number of nitrogens with one attached hydrogen (secondary N) is 1. The van der Waals surface area contributed by atoms with Gasteiger partial charge < -0.3 is 10.4 Å². The maximum atomic E-state index is 12.4. The van der Waals surface area contributed by atoms with Gasteiger partial charge in [-0.05, 0) is 50.4 Å². The van der Waals surface area contributed by atoms with Crippen LogP contribution in [0.25, 0.3) is 0 Å². The van der Waals surface area contributed by atoms with E-state index >= 15 is 0 Å². The maximum Gasteiger partial charge on any atom is 0.355 e. The van der Waals surface area contributed by atoms with E-state index in [-0.39, 0.29) is 17.5 Å². The van der Waals surface area contributed by atoms with E-state index in [1.54, 1.807) is 4.68 Å². The number of carboxylic acid groups (broad SMARTS) is 1. The quantitative estimate of drug-likeness (QED) is 0.590. The van der Waals surface area contributed by atoms with Gasteiger partial charge in [-0.2, -0.15) is 0 Å². The maximum absolute atomic E-state index is 12.4. The fourth-order valence-electron chi connectivity index (χ4n) is 4.54. The lowest BCUT2D eigenvalue weighted by Gasteiger charge is -2.38. The Morgan fingerprint density at radius 2 is 1.93 bits per heavy atom. The normalized spacial score (nSPS) is 21.9. The van der Waals surface area contributed by atoms with Gasteiger partial charge in [-0.3, -0.25) is 4.79 Å². The molecule has 2 N–H and O–H groups in total. The smallest absolute Gasteiger partial charge is 0.355 e. The van der Waals surface area contributed by atoms with Gasteiger partial charge in [0.25, 0.3) is 0 Å². The number of amides is 1. The number of hydrogen-bond acceptors (Lipinski definition) is 6. The van der Waals surface area contributed by atoms with Crippen molar-refractivity contribution in [3.63, 3.8) is 0 Å². The fraction of sp³-hybridized carbons (Fsp3) is 0.667. The first-order valence-electron chi connectivity index (χ1n) is 10.9. The molecule has 2 aromatic heterocycles. The van der Waals surface area contributed by atoms with E-state index in [2.05, 4.69) is 20.6 Å². The molecular weight excluding hydrogens is 402 g/mol. The van der Waals surface area contributed by atoms with Crippen molar-refractivity contribution in [3.8, 4) is 0 Å². The Morgan fingerprint density at radius 3 is 2.60 bits per heavy atom. The van der Waals surface area contributed by atoms with Crippen LogP contribution in [0.5, 0.6) is 0 Å². The fourth-order valence-corrected chi connectivity index (χ4v) is 5.30. The van der Waals surface area contributed by atoms with Crippen LogP contribution in [-0.2, 0) is 17.8 Å². The third-order valence-corrected chi connectivity index (χ3v) is 7.36. The van der Waals surface area contributed by atoms with Gasteiger partial charge in [-0.1, -0.05) is 24.5 Å². The van der Waals surface area contributed by atoms with Crippen LogP contribution in [0.1, 0.15) is 72.6 Å². The minimum atomic E-state index is -1.02. The number of aryl methyl sites for hydroxylation is 1. The summed E-state index contributed by atoms with van der Waals surface area (Å²) >= 11 is 1.30. The van der Waals surface area contributed by atoms with Gasteiger partial charge in [0.2, 0.25) is 5.91 Å². The third kappa shape index (κ3) is 5.24. The van der Waals surface area contributed by atoms with Crippen LogP contribution in [0, 0.1) is 17.8 Å². The zero-order chi connectivity index (χ0) is 20.9. The molecule has 2 fully saturated rings. The minimum absolute atomic E-state index is 0.0580. The molecule has 0 unspecified atom stereocenters. The standard InChI is InChI=1S/C21H29N5O3S/c27-20(16-8-6-15(7-9-16)14-3-1-4-14)22-10-2-5-17-11-26(25-24-17)12-19-23-18(13-30-19)21(28)29/h11,13-16H,1-10,12H2,(H,22,27)(H,28,29). The summed E-state index contributed by atoms with van der Waals surface area (Å²) in [6.07, 6.45) is 12.1. The van der Waals surface area contributed by atoms with Gasteiger partial charge >= 0.3 is 5.97 Å². The van der Waals surface area contributed by atoms with Crippen molar-refractivity contribution < 1.29 is 14.7 Å². The lowest BCUT2D eigenvalue weighted by Crippen LogP contribution is -2.35. The van der Waals surface area contributed by atoms with Crippen LogP contribution in [0.3, 0.4) is 0 Å². The summed E-state index contributed by atoms with van der Waals surface area (Å²) in [5, 5.41) is 22.5. The van der Waals surface area contributed by atoms with Crippen LogP contribution < -0.4 is 5.32 Å². The Hall–Kier alpha value is -2.29. The van der Waals surface area contributed by atoms with Crippen molar-refractivity contribution in [3.05, 3.63) is 28.0 Å². The molecule has 9 heteroatoms. The second kappa shape index (κ2) is 9.68. The molecule has 0 saturated heterocycles. The monoisotopic (exact) mass is 431 g/mol. The highest BCUT2D eigenvalue weighted by Crippen LogP contribution is 2.42. The summed E-state index contributed by atoms with van der Waals surface area (Å²) in [5.74, 6) is 1.19. The Labute approximate surface area is 180 Å². The molecule has 2 aromatic rings. The van der Waals surface area contributed by atoms with Crippen molar-refractivity contribution in [1.82, 2.24) is 25.3 Å². The largest absolute Gasteiger partial charge is 0.476 e. The molecular formula is C21H29N5O3S. The number of carbonyl (C=O) groups excluding carboxylic acids is 1. The number of hydrogen-bond donors (Lipinski definition) is 2. The van der Waals surface area contributed by atoms with Crippen LogP contribution in [-0.4, -0.2) is 43.5 Å². The van der Waals surface area contributed by atoms with Gasteiger partial charge in [-0.15, -0.1) is 16.4 Å². The number of thiazole rings is 1. The lowest BCUT2D eigenvalue weighted by atomic mass is 9.68. The number of aromatic nitrogens is 4. The molecule has 0 spiro atoms. The van der Waals surface area contributed by atoms with E-state index in [0.717, 1.165) is 43.2 Å².